The molecule has 0 atom stereocenters. The molecule has 2 aromatic rings. The SMILES string of the molecule is CCOc1ccc(NCCc2nc(C3CC3)n[nH]2)cc1OCC. The van der Waals surface area contributed by atoms with Gasteiger partial charge in [0, 0.05) is 30.6 Å². The summed E-state index contributed by atoms with van der Waals surface area (Å²) in [5.41, 5.74) is 1.01. The first-order chi connectivity index (χ1) is 11.3. The fourth-order valence-electron chi connectivity index (χ4n) is 2.43. The van der Waals surface area contributed by atoms with Crippen LogP contribution in [0.1, 0.15) is 44.3 Å². The number of hydrogen-bond acceptors (Lipinski definition) is 5. The summed E-state index contributed by atoms with van der Waals surface area (Å²) in [5.74, 6) is 4.06. The number of aromatic nitrogens is 3. The van der Waals surface area contributed by atoms with E-state index in [2.05, 4.69) is 20.5 Å². The highest BCUT2D eigenvalue weighted by atomic mass is 16.5. The summed E-state index contributed by atoms with van der Waals surface area (Å²) >= 11 is 0. The minimum absolute atomic E-state index is 0.591. The van der Waals surface area contributed by atoms with Gasteiger partial charge in [-0.2, -0.15) is 5.10 Å². The van der Waals surface area contributed by atoms with Crippen LogP contribution in [0.2, 0.25) is 0 Å². The molecule has 0 bridgehead atoms. The van der Waals surface area contributed by atoms with Crippen molar-refractivity contribution in [1.29, 1.82) is 0 Å². The summed E-state index contributed by atoms with van der Waals surface area (Å²) < 4.78 is 11.2. The molecular formula is C17H24N4O2. The largest absolute Gasteiger partial charge is 0.490 e. The third-order valence-corrected chi connectivity index (χ3v) is 3.73. The Bertz CT molecular complexity index is 637. The zero-order chi connectivity index (χ0) is 16.1. The van der Waals surface area contributed by atoms with E-state index >= 15 is 0 Å². The standard InChI is InChI=1S/C17H24N4O2/c1-3-22-14-8-7-13(11-15(14)23-4-2)18-10-9-16-19-17(21-20-16)12-5-6-12/h7-8,11-12,18H,3-6,9-10H2,1-2H3,(H,19,20,21). The molecule has 1 aliphatic carbocycles. The molecule has 1 heterocycles. The highest BCUT2D eigenvalue weighted by Crippen LogP contribution is 2.37. The Morgan fingerprint density at radius 3 is 2.70 bits per heavy atom. The van der Waals surface area contributed by atoms with Crippen molar-refractivity contribution in [3.8, 4) is 11.5 Å². The van der Waals surface area contributed by atoms with Gasteiger partial charge in [-0.1, -0.05) is 0 Å². The highest BCUT2D eigenvalue weighted by Gasteiger charge is 2.27. The molecule has 6 nitrogen and oxygen atoms in total. The molecule has 3 rings (SSSR count). The van der Waals surface area contributed by atoms with Crippen LogP contribution in [0.25, 0.3) is 0 Å². The van der Waals surface area contributed by atoms with Crippen molar-refractivity contribution < 1.29 is 9.47 Å². The molecule has 0 radical (unpaired) electrons. The summed E-state index contributed by atoms with van der Waals surface area (Å²) in [6.07, 6.45) is 3.26. The van der Waals surface area contributed by atoms with Crippen molar-refractivity contribution in [2.75, 3.05) is 25.1 Å². The van der Waals surface area contributed by atoms with E-state index in [4.69, 9.17) is 9.47 Å². The normalized spacial score (nSPS) is 13.8. The first-order valence-electron chi connectivity index (χ1n) is 8.34. The average Bonchev–Trinajstić information content (AvgIpc) is 3.30. The molecule has 0 unspecified atom stereocenters. The van der Waals surface area contributed by atoms with Crippen LogP contribution in [0.4, 0.5) is 5.69 Å². The monoisotopic (exact) mass is 316 g/mol. The van der Waals surface area contributed by atoms with Gasteiger partial charge in [0.1, 0.15) is 5.82 Å². The maximum absolute atomic E-state index is 5.64. The lowest BCUT2D eigenvalue weighted by Crippen LogP contribution is -2.07. The molecule has 0 spiro atoms. The summed E-state index contributed by atoms with van der Waals surface area (Å²) in [5, 5.41) is 10.7. The lowest BCUT2D eigenvalue weighted by Gasteiger charge is -2.13. The smallest absolute Gasteiger partial charge is 0.163 e. The summed E-state index contributed by atoms with van der Waals surface area (Å²) in [7, 11) is 0. The Morgan fingerprint density at radius 1 is 1.17 bits per heavy atom. The molecule has 6 heteroatoms. The van der Waals surface area contributed by atoms with E-state index in [0.717, 1.165) is 41.8 Å². The van der Waals surface area contributed by atoms with E-state index in [0.29, 0.717) is 19.1 Å². The number of aromatic amines is 1. The lowest BCUT2D eigenvalue weighted by atomic mass is 10.2. The predicted octanol–water partition coefficient (Wildman–Crippen LogP) is 3.13. The molecule has 0 aliphatic heterocycles. The molecule has 124 valence electrons. The van der Waals surface area contributed by atoms with Crippen LogP contribution < -0.4 is 14.8 Å². The molecule has 2 N–H and O–H groups in total. The highest BCUT2D eigenvalue weighted by molar-refractivity contribution is 5.54. The molecular weight excluding hydrogens is 292 g/mol. The first-order valence-corrected chi connectivity index (χ1v) is 8.34. The number of nitrogens with zero attached hydrogens (tertiary/aromatic N) is 2. The fourth-order valence-corrected chi connectivity index (χ4v) is 2.43. The van der Waals surface area contributed by atoms with E-state index in [1.807, 2.05) is 32.0 Å². The number of rotatable bonds is 9. The van der Waals surface area contributed by atoms with E-state index < -0.39 is 0 Å². The van der Waals surface area contributed by atoms with Gasteiger partial charge in [0.2, 0.25) is 0 Å². The van der Waals surface area contributed by atoms with Crippen molar-refractivity contribution >= 4 is 5.69 Å². The molecule has 0 amide bonds. The van der Waals surface area contributed by atoms with E-state index in [1.165, 1.54) is 12.8 Å². The molecule has 1 aliphatic rings. The number of anilines is 1. The quantitative estimate of drug-likeness (QED) is 0.743. The summed E-state index contributed by atoms with van der Waals surface area (Å²) in [6.45, 7) is 5.97. The number of hydrogen-bond donors (Lipinski definition) is 2. The number of ether oxygens (including phenoxy) is 2. The van der Waals surface area contributed by atoms with Gasteiger partial charge in [0.15, 0.2) is 17.3 Å². The van der Waals surface area contributed by atoms with Crippen LogP contribution in [0.15, 0.2) is 18.2 Å². The maximum atomic E-state index is 5.64. The predicted molar refractivity (Wildman–Crippen MR) is 89.3 cm³/mol. The van der Waals surface area contributed by atoms with Gasteiger partial charge in [-0.05, 0) is 38.8 Å². The molecule has 1 saturated carbocycles. The molecule has 1 aromatic heterocycles. The Kier molecular flexibility index (Phi) is 5.00. The second-order valence-electron chi connectivity index (χ2n) is 5.62. The van der Waals surface area contributed by atoms with Gasteiger partial charge in [-0.3, -0.25) is 5.10 Å². The van der Waals surface area contributed by atoms with Crippen molar-refractivity contribution in [2.24, 2.45) is 0 Å². The zero-order valence-electron chi connectivity index (χ0n) is 13.8. The third-order valence-electron chi connectivity index (χ3n) is 3.73. The topological polar surface area (TPSA) is 72.1 Å². The first kappa shape index (κ1) is 15.6. The minimum Gasteiger partial charge on any atom is -0.490 e. The summed E-state index contributed by atoms with van der Waals surface area (Å²) in [4.78, 5) is 4.54. The van der Waals surface area contributed by atoms with Crippen molar-refractivity contribution in [3.05, 3.63) is 29.8 Å². The number of nitrogens with one attached hydrogen (secondary N) is 2. The zero-order valence-corrected chi connectivity index (χ0v) is 13.8. The second-order valence-corrected chi connectivity index (χ2v) is 5.62. The van der Waals surface area contributed by atoms with Gasteiger partial charge in [0.25, 0.3) is 0 Å². The van der Waals surface area contributed by atoms with Crippen LogP contribution >= 0.6 is 0 Å². The van der Waals surface area contributed by atoms with Crippen molar-refractivity contribution in [2.45, 2.75) is 39.0 Å². The van der Waals surface area contributed by atoms with Crippen LogP contribution in [0, 0.1) is 0 Å². The van der Waals surface area contributed by atoms with Gasteiger partial charge in [-0.25, -0.2) is 4.98 Å². The van der Waals surface area contributed by atoms with Crippen molar-refractivity contribution in [1.82, 2.24) is 15.2 Å². The average molecular weight is 316 g/mol. The molecule has 23 heavy (non-hydrogen) atoms. The van der Waals surface area contributed by atoms with Gasteiger partial charge >= 0.3 is 0 Å². The Balaban J connectivity index is 1.55. The summed E-state index contributed by atoms with van der Waals surface area (Å²) in [6, 6.07) is 5.92. The van der Waals surface area contributed by atoms with Crippen molar-refractivity contribution in [3.63, 3.8) is 0 Å². The second kappa shape index (κ2) is 7.35. The Morgan fingerprint density at radius 2 is 1.96 bits per heavy atom. The van der Waals surface area contributed by atoms with Gasteiger partial charge < -0.3 is 14.8 Å². The molecule has 1 aromatic carbocycles. The van der Waals surface area contributed by atoms with Gasteiger partial charge in [-0.15, -0.1) is 0 Å². The fraction of sp³-hybridized carbons (Fsp3) is 0.529. The van der Waals surface area contributed by atoms with E-state index in [-0.39, 0.29) is 0 Å². The van der Waals surface area contributed by atoms with Crippen LogP contribution in [0.3, 0.4) is 0 Å². The third kappa shape index (κ3) is 4.15. The van der Waals surface area contributed by atoms with Crippen LogP contribution in [-0.4, -0.2) is 34.9 Å². The van der Waals surface area contributed by atoms with E-state index in [9.17, 15) is 0 Å². The van der Waals surface area contributed by atoms with E-state index in [1.54, 1.807) is 0 Å². The maximum Gasteiger partial charge on any atom is 0.163 e. The molecule has 0 saturated heterocycles. The molecule has 1 fully saturated rings. The minimum atomic E-state index is 0.591. The van der Waals surface area contributed by atoms with Gasteiger partial charge in [0.05, 0.1) is 13.2 Å². The Hall–Kier alpha value is -2.24. The number of benzene rings is 1. The number of H-pyrrole nitrogens is 1. The Labute approximate surface area is 136 Å². The van der Waals surface area contributed by atoms with Crippen LogP contribution in [-0.2, 0) is 6.42 Å². The van der Waals surface area contributed by atoms with Crippen LogP contribution in [0.5, 0.6) is 11.5 Å². The lowest BCUT2D eigenvalue weighted by molar-refractivity contribution is 0.288.